The molecular weight excluding hydrogens is 1010 g/mol. The van der Waals surface area contributed by atoms with Gasteiger partial charge in [0.15, 0.2) is 0 Å². The highest BCUT2D eigenvalue weighted by Gasteiger charge is 2.28. The van der Waals surface area contributed by atoms with Gasteiger partial charge in [0.25, 0.3) is 0 Å². The molecule has 0 spiro atoms. The molecule has 3 N–H and O–H groups in total. The highest BCUT2D eigenvalue weighted by molar-refractivity contribution is 7.47. The fourth-order valence-corrected chi connectivity index (χ4v) is 11.3. The van der Waals surface area contributed by atoms with Gasteiger partial charge in [-0.3, -0.25) is 13.8 Å². The molecule has 0 aromatic heterocycles. The van der Waals surface area contributed by atoms with Gasteiger partial charge < -0.3 is 19.8 Å². The van der Waals surface area contributed by atoms with Crippen LogP contribution in [0.3, 0.4) is 0 Å². The van der Waals surface area contributed by atoms with Crippen LogP contribution >= 0.6 is 7.82 Å². The van der Waals surface area contributed by atoms with E-state index >= 15 is 0 Å². The highest BCUT2D eigenvalue weighted by Crippen LogP contribution is 2.43. The standard InChI is InChI=1S/C71H137N2O6P/c1-6-8-10-12-14-16-18-20-22-24-26-28-30-32-34-35-36-37-39-40-42-44-46-48-50-52-54-56-58-60-62-64-70(74)69(68-79-80(76,77)78-67-66-73(3,4)5)72-71(75)65-63-61-59-57-55-53-51-49-47-45-43-41-38-33-31-29-27-25-23-21-19-17-15-13-11-9-7-2/h19,21,25,27,54,56,62,64,69-70,74H,6-18,20,22-24,26,28-53,55,57-61,63,65-68H2,1-5H3,(H-,72,75,76,77)/p+1/b21-19-,27-25-,56-54+,64-62+. The van der Waals surface area contributed by atoms with Crippen molar-refractivity contribution >= 4 is 13.7 Å². The van der Waals surface area contributed by atoms with E-state index in [0.29, 0.717) is 17.4 Å². The average Bonchev–Trinajstić information content (AvgIpc) is 3.42. The molecular formula is C71H138N2O6P+. The SMILES string of the molecule is CCCCCCC/C=C\C/C=C\CCCCCCCCCCCCCCCCCC(=O)NC(COP(=O)(O)OCC[N+](C)(C)C)C(O)/C=C/CC/C=C/CCCCCCCCCCCCCCCCCCCCCCCCCCC. The van der Waals surface area contributed by atoms with E-state index < -0.39 is 20.0 Å². The number of carbonyl (C=O) groups is 1. The van der Waals surface area contributed by atoms with E-state index in [0.717, 1.165) is 44.9 Å². The largest absolute Gasteiger partial charge is 0.472 e. The number of rotatable bonds is 65. The summed E-state index contributed by atoms with van der Waals surface area (Å²) in [6, 6.07) is -0.866. The Morgan fingerprint density at radius 1 is 0.425 bits per heavy atom. The lowest BCUT2D eigenvalue weighted by Crippen LogP contribution is -2.45. The number of likely N-dealkylation sites (N-methyl/N-ethyl adjacent to an activating group) is 1. The van der Waals surface area contributed by atoms with E-state index in [1.165, 1.54) is 283 Å². The van der Waals surface area contributed by atoms with Crippen molar-refractivity contribution in [2.75, 3.05) is 40.9 Å². The monoisotopic (exact) mass is 1150 g/mol. The summed E-state index contributed by atoms with van der Waals surface area (Å²) in [5.41, 5.74) is 0. The summed E-state index contributed by atoms with van der Waals surface area (Å²) in [5, 5.41) is 14.0. The molecule has 80 heavy (non-hydrogen) atoms. The van der Waals surface area contributed by atoms with E-state index in [1.807, 2.05) is 27.2 Å². The number of aliphatic hydroxyl groups excluding tert-OH is 1. The molecule has 0 bridgehead atoms. The molecule has 0 saturated heterocycles. The number of hydrogen-bond donors (Lipinski definition) is 3. The van der Waals surface area contributed by atoms with Crippen molar-refractivity contribution in [3.8, 4) is 0 Å². The van der Waals surface area contributed by atoms with Gasteiger partial charge in [-0.1, -0.05) is 326 Å². The third-order valence-corrected chi connectivity index (χ3v) is 17.0. The first-order valence-corrected chi connectivity index (χ1v) is 36.5. The Bertz CT molecular complexity index is 1440. The first-order valence-electron chi connectivity index (χ1n) is 35.0. The van der Waals surface area contributed by atoms with Crippen molar-refractivity contribution < 1.29 is 32.9 Å². The van der Waals surface area contributed by atoms with Crippen LogP contribution in [0.15, 0.2) is 48.6 Å². The van der Waals surface area contributed by atoms with Crippen LogP contribution in [0.4, 0.5) is 0 Å². The summed E-state index contributed by atoms with van der Waals surface area (Å²) in [6.07, 6.45) is 84.1. The van der Waals surface area contributed by atoms with E-state index in [9.17, 15) is 19.4 Å². The molecule has 0 aromatic carbocycles. The normalized spacial score (nSPS) is 13.9. The van der Waals surface area contributed by atoms with Crippen LogP contribution < -0.4 is 5.32 Å². The number of amides is 1. The Balaban J connectivity index is 4.09. The smallest absolute Gasteiger partial charge is 0.387 e. The quantitative estimate of drug-likeness (QED) is 0.0243. The molecule has 0 radical (unpaired) electrons. The predicted molar refractivity (Wildman–Crippen MR) is 351 cm³/mol. The number of hydrogen-bond acceptors (Lipinski definition) is 5. The molecule has 0 aliphatic rings. The Morgan fingerprint density at radius 2 is 0.725 bits per heavy atom. The van der Waals surface area contributed by atoms with E-state index in [-0.39, 0.29) is 19.1 Å². The predicted octanol–water partition coefficient (Wildman–Crippen LogP) is 22.2. The lowest BCUT2D eigenvalue weighted by Gasteiger charge is -2.25. The van der Waals surface area contributed by atoms with Gasteiger partial charge in [0.05, 0.1) is 39.9 Å². The minimum Gasteiger partial charge on any atom is -0.387 e. The average molecular weight is 1150 g/mol. The van der Waals surface area contributed by atoms with Gasteiger partial charge in [-0.05, 0) is 64.2 Å². The molecule has 3 atom stereocenters. The lowest BCUT2D eigenvalue weighted by atomic mass is 10.0. The van der Waals surface area contributed by atoms with E-state index in [4.69, 9.17) is 9.05 Å². The number of nitrogens with one attached hydrogen (secondary N) is 1. The zero-order valence-corrected chi connectivity index (χ0v) is 55.0. The summed E-state index contributed by atoms with van der Waals surface area (Å²) >= 11 is 0. The Kier molecular flexibility index (Phi) is 60.8. The van der Waals surface area contributed by atoms with Gasteiger partial charge in [-0.2, -0.15) is 0 Å². The van der Waals surface area contributed by atoms with Crippen LogP contribution in [0.5, 0.6) is 0 Å². The maximum atomic E-state index is 13.0. The van der Waals surface area contributed by atoms with Crippen LogP contribution in [0.1, 0.15) is 348 Å². The van der Waals surface area contributed by atoms with Crippen molar-refractivity contribution in [1.29, 1.82) is 0 Å². The maximum Gasteiger partial charge on any atom is 0.472 e. The van der Waals surface area contributed by atoms with Gasteiger partial charge in [-0.25, -0.2) is 4.57 Å². The molecule has 0 rings (SSSR count). The minimum atomic E-state index is -4.36. The summed E-state index contributed by atoms with van der Waals surface area (Å²) in [7, 11) is 1.57. The third kappa shape index (κ3) is 64.0. The van der Waals surface area contributed by atoms with Crippen molar-refractivity contribution in [1.82, 2.24) is 5.32 Å². The minimum absolute atomic E-state index is 0.0565. The zero-order chi connectivity index (χ0) is 58.4. The van der Waals surface area contributed by atoms with Crippen LogP contribution in [0.25, 0.3) is 0 Å². The molecule has 3 unspecified atom stereocenters. The number of quaternary nitrogens is 1. The zero-order valence-electron chi connectivity index (χ0n) is 54.1. The first-order chi connectivity index (χ1) is 39.0. The second-order valence-corrected chi connectivity index (χ2v) is 26.7. The number of allylic oxidation sites excluding steroid dienone is 7. The number of nitrogens with zero attached hydrogens (tertiary/aromatic N) is 1. The van der Waals surface area contributed by atoms with Crippen LogP contribution in [0, 0.1) is 0 Å². The van der Waals surface area contributed by atoms with Gasteiger partial charge >= 0.3 is 7.82 Å². The highest BCUT2D eigenvalue weighted by atomic mass is 31.2. The van der Waals surface area contributed by atoms with Crippen LogP contribution in [-0.2, 0) is 18.4 Å². The Hall–Kier alpha value is -1.54. The molecule has 8 nitrogen and oxygen atoms in total. The number of phosphoric ester groups is 1. The molecule has 0 fully saturated rings. The van der Waals surface area contributed by atoms with Gasteiger partial charge in [0.2, 0.25) is 5.91 Å². The number of phosphoric acid groups is 1. The second kappa shape index (κ2) is 62.0. The molecule has 0 heterocycles. The van der Waals surface area contributed by atoms with Gasteiger partial charge in [0.1, 0.15) is 13.2 Å². The summed E-state index contributed by atoms with van der Waals surface area (Å²) < 4.78 is 23.8. The number of carbonyl (C=O) groups excluding carboxylic acids is 1. The number of aliphatic hydroxyl groups is 1. The molecule has 0 aromatic rings. The summed E-state index contributed by atoms with van der Waals surface area (Å²) in [6.45, 7) is 4.83. The van der Waals surface area contributed by atoms with E-state index in [1.54, 1.807) is 6.08 Å². The number of unbranched alkanes of at least 4 members (excludes halogenated alkanes) is 46. The fourth-order valence-electron chi connectivity index (χ4n) is 10.6. The van der Waals surface area contributed by atoms with Gasteiger partial charge in [-0.15, -0.1) is 0 Å². The van der Waals surface area contributed by atoms with E-state index in [2.05, 4.69) is 55.6 Å². The molecule has 9 heteroatoms. The Labute approximate surface area is 499 Å². The summed E-state index contributed by atoms with van der Waals surface area (Å²) in [4.78, 5) is 23.4. The molecule has 0 aliphatic heterocycles. The van der Waals surface area contributed by atoms with Crippen LogP contribution in [0.2, 0.25) is 0 Å². The van der Waals surface area contributed by atoms with Crippen molar-refractivity contribution in [2.45, 2.75) is 360 Å². The van der Waals surface area contributed by atoms with Crippen molar-refractivity contribution in [3.63, 3.8) is 0 Å². The topological polar surface area (TPSA) is 105 Å². The molecule has 0 saturated carbocycles. The van der Waals surface area contributed by atoms with Crippen LogP contribution in [-0.4, -0.2) is 73.4 Å². The molecule has 0 aliphatic carbocycles. The first kappa shape index (κ1) is 78.5. The molecule has 1 amide bonds. The second-order valence-electron chi connectivity index (χ2n) is 25.3. The van der Waals surface area contributed by atoms with Gasteiger partial charge in [0, 0.05) is 6.42 Å². The van der Waals surface area contributed by atoms with Crippen molar-refractivity contribution in [3.05, 3.63) is 48.6 Å². The van der Waals surface area contributed by atoms with Crippen molar-refractivity contribution in [2.24, 2.45) is 0 Å². The fraction of sp³-hybridized carbons (Fsp3) is 0.873. The maximum absolute atomic E-state index is 13.0. The summed E-state index contributed by atoms with van der Waals surface area (Å²) in [5.74, 6) is -0.182. The lowest BCUT2D eigenvalue weighted by molar-refractivity contribution is -0.870. The Morgan fingerprint density at radius 3 is 1.07 bits per heavy atom. The third-order valence-electron chi connectivity index (χ3n) is 16.0. The molecule has 472 valence electrons.